The topological polar surface area (TPSA) is 38.1 Å². The monoisotopic (exact) mass is 192 g/mol. The second kappa shape index (κ2) is 3.39. The van der Waals surface area contributed by atoms with Gasteiger partial charge in [0.1, 0.15) is 6.26 Å². The van der Waals surface area contributed by atoms with Crippen molar-refractivity contribution in [3.05, 3.63) is 18.0 Å². The van der Waals surface area contributed by atoms with E-state index in [9.17, 15) is 0 Å². The Kier molecular flexibility index (Phi) is 2.05. The molecule has 3 rings (SSSR count). The van der Waals surface area contributed by atoms with Crippen LogP contribution >= 0.6 is 0 Å². The van der Waals surface area contributed by atoms with Gasteiger partial charge in [0.05, 0.1) is 6.20 Å². The predicted octanol–water partition coefficient (Wildman–Crippen LogP) is 1.78. The highest BCUT2D eigenvalue weighted by atomic mass is 16.5. The number of nitrogens with zero attached hydrogens (tertiary/aromatic N) is 1. The van der Waals surface area contributed by atoms with Gasteiger partial charge in [0, 0.05) is 5.56 Å². The maximum atomic E-state index is 4.92. The average Bonchev–Trinajstić information content (AvgIpc) is 2.69. The third kappa shape index (κ3) is 1.46. The van der Waals surface area contributed by atoms with E-state index in [2.05, 4.69) is 10.5 Å². The molecule has 3 nitrogen and oxygen atoms in total. The molecule has 2 unspecified atom stereocenters. The molecule has 2 fully saturated rings. The first-order valence-corrected chi connectivity index (χ1v) is 5.52. The number of piperidine rings is 1. The summed E-state index contributed by atoms with van der Waals surface area (Å²) >= 11 is 0. The molecule has 76 valence electrons. The van der Waals surface area contributed by atoms with Gasteiger partial charge in [0.15, 0.2) is 0 Å². The molecule has 1 aromatic rings. The lowest BCUT2D eigenvalue weighted by atomic mass is 9.71. The van der Waals surface area contributed by atoms with Crippen molar-refractivity contribution in [2.75, 3.05) is 13.1 Å². The lowest BCUT2D eigenvalue weighted by molar-refractivity contribution is 0.186. The van der Waals surface area contributed by atoms with E-state index in [0.29, 0.717) is 5.92 Å². The first-order chi connectivity index (χ1) is 6.92. The number of rotatable bonds is 1. The van der Waals surface area contributed by atoms with Crippen LogP contribution in [0.3, 0.4) is 0 Å². The Bertz CT molecular complexity index is 284. The van der Waals surface area contributed by atoms with Crippen LogP contribution in [0.1, 0.15) is 30.7 Å². The Hall–Kier alpha value is -0.830. The number of hydrogen-bond donors (Lipinski definition) is 1. The van der Waals surface area contributed by atoms with E-state index in [4.69, 9.17) is 4.52 Å². The molecular weight excluding hydrogens is 176 g/mol. The second-order valence-corrected chi connectivity index (χ2v) is 4.75. The van der Waals surface area contributed by atoms with Crippen LogP contribution in [0.2, 0.25) is 0 Å². The molecule has 1 saturated heterocycles. The van der Waals surface area contributed by atoms with E-state index in [0.717, 1.165) is 11.8 Å². The van der Waals surface area contributed by atoms with Crippen LogP contribution in [-0.2, 0) is 0 Å². The van der Waals surface area contributed by atoms with Gasteiger partial charge < -0.3 is 9.84 Å². The summed E-state index contributed by atoms with van der Waals surface area (Å²) in [7, 11) is 0. The Morgan fingerprint density at radius 3 is 2.64 bits per heavy atom. The minimum absolute atomic E-state index is 0.701. The fourth-order valence-electron chi connectivity index (χ4n) is 3.08. The minimum atomic E-state index is 0.701. The smallest absolute Gasteiger partial charge is 0.127 e. The summed E-state index contributed by atoms with van der Waals surface area (Å²) < 4.78 is 4.92. The van der Waals surface area contributed by atoms with Crippen LogP contribution in [-0.4, -0.2) is 18.2 Å². The SMILES string of the molecule is c1nocc1C1CC2CNCC(C2)C1. The Morgan fingerprint density at radius 2 is 2.00 bits per heavy atom. The van der Waals surface area contributed by atoms with Crippen LogP contribution in [0.4, 0.5) is 0 Å². The van der Waals surface area contributed by atoms with Crippen molar-refractivity contribution >= 4 is 0 Å². The number of nitrogens with one attached hydrogen (secondary N) is 1. The molecule has 1 aromatic heterocycles. The molecule has 0 radical (unpaired) electrons. The van der Waals surface area contributed by atoms with E-state index in [1.54, 1.807) is 0 Å². The second-order valence-electron chi connectivity index (χ2n) is 4.75. The van der Waals surface area contributed by atoms with Gasteiger partial charge in [0.25, 0.3) is 0 Å². The Balaban J connectivity index is 1.77. The van der Waals surface area contributed by atoms with E-state index in [-0.39, 0.29) is 0 Å². The minimum Gasteiger partial charge on any atom is -0.364 e. The molecule has 14 heavy (non-hydrogen) atoms. The van der Waals surface area contributed by atoms with Crippen LogP contribution < -0.4 is 5.32 Å². The van der Waals surface area contributed by atoms with Crippen LogP contribution in [0.15, 0.2) is 17.0 Å². The van der Waals surface area contributed by atoms with Gasteiger partial charge in [-0.05, 0) is 50.1 Å². The van der Waals surface area contributed by atoms with Crippen molar-refractivity contribution in [1.29, 1.82) is 0 Å². The first-order valence-electron chi connectivity index (χ1n) is 5.52. The lowest BCUT2D eigenvalue weighted by Gasteiger charge is -2.39. The molecule has 0 aromatic carbocycles. The van der Waals surface area contributed by atoms with Crippen molar-refractivity contribution < 1.29 is 4.52 Å². The summed E-state index contributed by atoms with van der Waals surface area (Å²) in [5.74, 6) is 2.46. The molecule has 2 bridgehead atoms. The lowest BCUT2D eigenvalue weighted by Crippen LogP contribution is -2.40. The van der Waals surface area contributed by atoms with Gasteiger partial charge in [-0.1, -0.05) is 5.16 Å². The third-order valence-corrected chi connectivity index (χ3v) is 3.69. The molecule has 2 atom stereocenters. The molecule has 0 amide bonds. The Morgan fingerprint density at radius 1 is 1.21 bits per heavy atom. The summed E-state index contributed by atoms with van der Waals surface area (Å²) in [6, 6.07) is 0. The highest BCUT2D eigenvalue weighted by Crippen LogP contribution is 2.40. The van der Waals surface area contributed by atoms with Gasteiger partial charge in [-0.3, -0.25) is 0 Å². The zero-order valence-electron chi connectivity index (χ0n) is 8.28. The summed E-state index contributed by atoms with van der Waals surface area (Å²) in [6.07, 6.45) is 7.75. The average molecular weight is 192 g/mol. The molecule has 3 heteroatoms. The number of aromatic nitrogens is 1. The van der Waals surface area contributed by atoms with Crippen LogP contribution in [0.5, 0.6) is 0 Å². The van der Waals surface area contributed by atoms with Gasteiger partial charge in [-0.15, -0.1) is 0 Å². The maximum Gasteiger partial charge on any atom is 0.127 e. The van der Waals surface area contributed by atoms with E-state index in [1.165, 1.54) is 37.9 Å². The Labute approximate surface area is 83.9 Å². The number of hydrogen-bond acceptors (Lipinski definition) is 3. The van der Waals surface area contributed by atoms with Gasteiger partial charge in [0.2, 0.25) is 0 Å². The van der Waals surface area contributed by atoms with Crippen LogP contribution in [0, 0.1) is 11.8 Å². The van der Waals surface area contributed by atoms with Crippen molar-refractivity contribution in [1.82, 2.24) is 10.5 Å². The largest absolute Gasteiger partial charge is 0.364 e. The fourth-order valence-corrected chi connectivity index (χ4v) is 3.08. The van der Waals surface area contributed by atoms with Crippen molar-refractivity contribution in [3.8, 4) is 0 Å². The maximum absolute atomic E-state index is 4.92. The van der Waals surface area contributed by atoms with Crippen molar-refractivity contribution in [2.45, 2.75) is 25.2 Å². The summed E-state index contributed by atoms with van der Waals surface area (Å²) in [5.41, 5.74) is 1.31. The summed E-state index contributed by atoms with van der Waals surface area (Å²) in [5, 5.41) is 7.31. The predicted molar refractivity (Wildman–Crippen MR) is 52.9 cm³/mol. The molecule has 2 heterocycles. The van der Waals surface area contributed by atoms with Crippen molar-refractivity contribution in [3.63, 3.8) is 0 Å². The zero-order chi connectivity index (χ0) is 9.38. The molecule has 1 aliphatic heterocycles. The molecular formula is C11H16N2O. The quantitative estimate of drug-likeness (QED) is 0.737. The molecule has 1 N–H and O–H groups in total. The highest BCUT2D eigenvalue weighted by Gasteiger charge is 2.32. The molecule has 1 saturated carbocycles. The first kappa shape index (κ1) is 8.48. The highest BCUT2D eigenvalue weighted by molar-refractivity contribution is 5.11. The third-order valence-electron chi connectivity index (χ3n) is 3.69. The van der Waals surface area contributed by atoms with Crippen LogP contribution in [0.25, 0.3) is 0 Å². The van der Waals surface area contributed by atoms with E-state index in [1.807, 2.05) is 12.5 Å². The standard InChI is InChI=1S/C11H16N2O/c1-8-2-10(11-6-13-14-7-11)3-9(1)5-12-4-8/h6-10,12H,1-5H2. The van der Waals surface area contributed by atoms with E-state index >= 15 is 0 Å². The molecule has 0 spiro atoms. The summed E-state index contributed by atoms with van der Waals surface area (Å²) in [6.45, 7) is 2.41. The molecule has 1 aliphatic carbocycles. The van der Waals surface area contributed by atoms with Crippen molar-refractivity contribution in [2.24, 2.45) is 11.8 Å². The van der Waals surface area contributed by atoms with Gasteiger partial charge in [-0.2, -0.15) is 0 Å². The molecule has 2 aliphatic rings. The number of fused-ring (bicyclic) bond motifs is 2. The normalized spacial score (nSPS) is 37.0. The van der Waals surface area contributed by atoms with Gasteiger partial charge >= 0.3 is 0 Å². The summed E-state index contributed by atoms with van der Waals surface area (Å²) in [4.78, 5) is 0. The van der Waals surface area contributed by atoms with E-state index < -0.39 is 0 Å². The van der Waals surface area contributed by atoms with Gasteiger partial charge in [-0.25, -0.2) is 0 Å². The zero-order valence-corrected chi connectivity index (χ0v) is 8.28. The fraction of sp³-hybridized carbons (Fsp3) is 0.727.